The van der Waals surface area contributed by atoms with Gasteiger partial charge < -0.3 is 5.32 Å². The first kappa shape index (κ1) is 15.5. The normalized spacial score (nSPS) is 13.9. The van der Waals surface area contributed by atoms with Gasteiger partial charge in [0.2, 0.25) is 0 Å². The number of pyridine rings is 1. The number of fused-ring (bicyclic) bond motifs is 1. The second-order valence-corrected chi connectivity index (χ2v) is 6.65. The van der Waals surface area contributed by atoms with E-state index in [-0.39, 0.29) is 0 Å². The van der Waals surface area contributed by atoms with Crippen LogP contribution in [0.4, 0.5) is 5.82 Å². The predicted molar refractivity (Wildman–Crippen MR) is 98.2 cm³/mol. The minimum absolute atomic E-state index is 0.622. The summed E-state index contributed by atoms with van der Waals surface area (Å²) < 4.78 is 1.88. The molecule has 1 aliphatic rings. The Morgan fingerprint density at radius 1 is 1.04 bits per heavy atom. The molecule has 0 spiro atoms. The Morgan fingerprint density at radius 2 is 1.88 bits per heavy atom. The Morgan fingerprint density at radius 3 is 2.71 bits per heavy atom. The second kappa shape index (κ2) is 6.46. The average molecular weight is 359 g/mol. The fourth-order valence-corrected chi connectivity index (χ4v) is 3.43. The molecule has 1 aromatic carbocycles. The summed E-state index contributed by atoms with van der Waals surface area (Å²) in [6.45, 7) is 0.923. The molecule has 3 heterocycles. The van der Waals surface area contributed by atoms with Gasteiger partial charge in [-0.15, -0.1) is 0 Å². The van der Waals surface area contributed by atoms with Gasteiger partial charge in [-0.1, -0.05) is 23.2 Å². The zero-order chi connectivity index (χ0) is 16.5. The molecule has 0 saturated heterocycles. The maximum Gasteiger partial charge on any atom is 0.133 e. The number of halogens is 2. The van der Waals surface area contributed by atoms with Crippen molar-refractivity contribution in [3.8, 4) is 16.9 Å². The molecule has 0 aliphatic carbocycles. The Labute approximate surface area is 150 Å². The van der Waals surface area contributed by atoms with Crippen molar-refractivity contribution in [2.24, 2.45) is 0 Å². The van der Waals surface area contributed by atoms with Crippen LogP contribution in [0.1, 0.15) is 18.4 Å². The van der Waals surface area contributed by atoms with Crippen molar-refractivity contribution in [3.05, 3.63) is 58.3 Å². The molecule has 0 fully saturated rings. The fraction of sp³-hybridized carbons (Fsp3) is 0.222. The summed E-state index contributed by atoms with van der Waals surface area (Å²) in [5.74, 6) is 1.00. The van der Waals surface area contributed by atoms with Crippen LogP contribution < -0.4 is 5.32 Å². The third-order valence-corrected chi connectivity index (χ3v) is 4.77. The Bertz CT molecular complexity index is 874. The van der Waals surface area contributed by atoms with Gasteiger partial charge in [0, 0.05) is 35.1 Å². The van der Waals surface area contributed by atoms with Gasteiger partial charge >= 0.3 is 0 Å². The van der Waals surface area contributed by atoms with E-state index in [0.29, 0.717) is 10.0 Å². The van der Waals surface area contributed by atoms with Gasteiger partial charge in [0.15, 0.2) is 0 Å². The Kier molecular flexibility index (Phi) is 4.17. The average Bonchev–Trinajstić information content (AvgIpc) is 2.79. The molecule has 6 heteroatoms. The molecule has 4 rings (SSSR count). The molecule has 122 valence electrons. The number of benzene rings is 1. The molecule has 0 unspecified atom stereocenters. The van der Waals surface area contributed by atoms with E-state index in [1.165, 1.54) is 5.56 Å². The number of rotatable bonds is 2. The van der Waals surface area contributed by atoms with Crippen LogP contribution in [0.15, 0.2) is 42.7 Å². The van der Waals surface area contributed by atoms with Gasteiger partial charge in [-0.05, 0) is 49.6 Å². The second-order valence-electron chi connectivity index (χ2n) is 5.80. The highest BCUT2D eigenvalue weighted by molar-refractivity contribution is 6.34. The third kappa shape index (κ3) is 2.76. The van der Waals surface area contributed by atoms with Crippen molar-refractivity contribution < 1.29 is 0 Å². The predicted octanol–water partition coefficient (Wildman–Crippen LogP) is 4.99. The summed E-state index contributed by atoms with van der Waals surface area (Å²) in [6, 6.07) is 9.40. The molecule has 3 aromatic rings. The van der Waals surface area contributed by atoms with Crippen molar-refractivity contribution >= 4 is 29.0 Å². The van der Waals surface area contributed by atoms with Crippen molar-refractivity contribution in [3.63, 3.8) is 0 Å². The molecule has 0 atom stereocenters. The molecule has 1 N–H and O–H groups in total. The summed E-state index contributed by atoms with van der Waals surface area (Å²) in [4.78, 5) is 4.10. The van der Waals surface area contributed by atoms with E-state index >= 15 is 0 Å². The highest BCUT2D eigenvalue weighted by Gasteiger charge is 2.22. The number of nitrogens with one attached hydrogen (secondary N) is 1. The van der Waals surface area contributed by atoms with Gasteiger partial charge in [0.05, 0.1) is 16.4 Å². The maximum atomic E-state index is 6.41. The van der Waals surface area contributed by atoms with Crippen LogP contribution in [0.25, 0.3) is 16.9 Å². The lowest BCUT2D eigenvalue weighted by Crippen LogP contribution is -2.07. The maximum absolute atomic E-state index is 6.41. The van der Waals surface area contributed by atoms with Gasteiger partial charge in [-0.2, -0.15) is 5.10 Å². The minimum atomic E-state index is 0.622. The van der Waals surface area contributed by atoms with Crippen LogP contribution >= 0.6 is 23.2 Å². The number of anilines is 1. The Hall–Kier alpha value is -2.04. The van der Waals surface area contributed by atoms with E-state index in [0.717, 1.165) is 48.6 Å². The fourth-order valence-electron chi connectivity index (χ4n) is 3.07. The van der Waals surface area contributed by atoms with E-state index in [2.05, 4.69) is 10.3 Å². The zero-order valence-corrected chi connectivity index (χ0v) is 14.5. The molecule has 24 heavy (non-hydrogen) atoms. The first-order valence-corrected chi connectivity index (χ1v) is 8.71. The lowest BCUT2D eigenvalue weighted by atomic mass is 10.0. The van der Waals surface area contributed by atoms with E-state index in [4.69, 9.17) is 28.3 Å². The van der Waals surface area contributed by atoms with Gasteiger partial charge in [-0.25, -0.2) is 4.68 Å². The molecule has 4 nitrogen and oxygen atoms in total. The number of hydrogen-bond acceptors (Lipinski definition) is 3. The van der Waals surface area contributed by atoms with Crippen LogP contribution in [-0.2, 0) is 6.42 Å². The summed E-state index contributed by atoms with van der Waals surface area (Å²) in [5.41, 5.74) is 4.03. The lowest BCUT2D eigenvalue weighted by Gasteiger charge is -2.11. The van der Waals surface area contributed by atoms with Crippen molar-refractivity contribution in [1.29, 1.82) is 0 Å². The van der Waals surface area contributed by atoms with Crippen LogP contribution in [-0.4, -0.2) is 21.3 Å². The van der Waals surface area contributed by atoms with Gasteiger partial charge in [-0.3, -0.25) is 4.98 Å². The van der Waals surface area contributed by atoms with Gasteiger partial charge in [0.1, 0.15) is 5.82 Å². The van der Waals surface area contributed by atoms with Crippen LogP contribution in [0.5, 0.6) is 0 Å². The van der Waals surface area contributed by atoms with Crippen molar-refractivity contribution in [2.45, 2.75) is 19.3 Å². The monoisotopic (exact) mass is 358 g/mol. The minimum Gasteiger partial charge on any atom is -0.370 e. The van der Waals surface area contributed by atoms with E-state index < -0.39 is 0 Å². The lowest BCUT2D eigenvalue weighted by molar-refractivity contribution is 0.780. The third-order valence-electron chi connectivity index (χ3n) is 4.22. The molecular formula is C18H16Cl2N4. The smallest absolute Gasteiger partial charge is 0.133 e. The quantitative estimate of drug-likeness (QED) is 0.701. The van der Waals surface area contributed by atoms with Crippen LogP contribution in [0, 0.1) is 0 Å². The van der Waals surface area contributed by atoms with Crippen molar-refractivity contribution in [2.75, 3.05) is 11.9 Å². The van der Waals surface area contributed by atoms with E-state index in [9.17, 15) is 0 Å². The largest absolute Gasteiger partial charge is 0.370 e. The summed E-state index contributed by atoms with van der Waals surface area (Å²) >= 11 is 12.6. The zero-order valence-electron chi connectivity index (χ0n) is 13.0. The highest BCUT2D eigenvalue weighted by atomic mass is 35.5. The SMILES string of the molecule is Clc1ccc(Cl)c(-n2nc(-c3ccncc3)c3c2NCCCC3)c1. The molecule has 0 saturated carbocycles. The number of nitrogens with zero attached hydrogens (tertiary/aromatic N) is 3. The molecule has 2 aromatic heterocycles. The topological polar surface area (TPSA) is 42.7 Å². The summed E-state index contributed by atoms with van der Waals surface area (Å²) in [7, 11) is 0. The molecule has 0 bridgehead atoms. The van der Waals surface area contributed by atoms with Crippen molar-refractivity contribution in [1.82, 2.24) is 14.8 Å². The number of hydrogen-bond donors (Lipinski definition) is 1. The van der Waals surface area contributed by atoms with Crippen LogP contribution in [0.3, 0.4) is 0 Å². The summed E-state index contributed by atoms with van der Waals surface area (Å²) in [5, 5.41) is 9.63. The standard InChI is InChI=1S/C18H16Cl2N4/c19-13-4-5-15(20)16(11-13)24-18-14(3-1-2-8-22-18)17(23-24)12-6-9-21-10-7-12/h4-7,9-11,22H,1-3,8H2. The summed E-state index contributed by atoms with van der Waals surface area (Å²) in [6.07, 6.45) is 6.83. The highest BCUT2D eigenvalue weighted by Crippen LogP contribution is 2.35. The molecular weight excluding hydrogens is 343 g/mol. The van der Waals surface area contributed by atoms with Crippen LogP contribution in [0.2, 0.25) is 10.0 Å². The molecule has 0 radical (unpaired) electrons. The molecule has 1 aliphatic heterocycles. The van der Waals surface area contributed by atoms with Gasteiger partial charge in [0.25, 0.3) is 0 Å². The molecule has 0 amide bonds. The number of aromatic nitrogens is 3. The first-order valence-electron chi connectivity index (χ1n) is 7.95. The Balaban J connectivity index is 1.95. The van der Waals surface area contributed by atoms with E-state index in [1.54, 1.807) is 24.5 Å². The van der Waals surface area contributed by atoms with E-state index in [1.807, 2.05) is 22.9 Å². The first-order chi connectivity index (χ1) is 11.7.